The Balaban J connectivity index is 3.21. The minimum absolute atomic E-state index is 0.188. The van der Waals surface area contributed by atoms with Crippen LogP contribution in [0.4, 0.5) is 22.0 Å². The number of alkyl halides is 5. The number of hydrogen-bond acceptors (Lipinski definition) is 1. The van der Waals surface area contributed by atoms with Gasteiger partial charge in [-0.05, 0) is 25.0 Å². The van der Waals surface area contributed by atoms with E-state index in [-0.39, 0.29) is 5.56 Å². The molecule has 0 unspecified atom stereocenters. The molecule has 17 heavy (non-hydrogen) atoms. The lowest BCUT2D eigenvalue weighted by atomic mass is 9.95. The van der Waals surface area contributed by atoms with Gasteiger partial charge in [0.2, 0.25) is 0 Å². The Morgan fingerprint density at radius 1 is 1.06 bits per heavy atom. The smallest absolute Gasteiger partial charge is 0.319 e. The lowest BCUT2D eigenvalue weighted by Gasteiger charge is -2.27. The predicted molar refractivity (Wildman–Crippen MR) is 53.8 cm³/mol. The molecular formula is C11H12F5N. The van der Waals surface area contributed by atoms with E-state index in [9.17, 15) is 22.0 Å². The van der Waals surface area contributed by atoms with Gasteiger partial charge in [-0.3, -0.25) is 0 Å². The van der Waals surface area contributed by atoms with Gasteiger partial charge >= 0.3 is 12.1 Å². The van der Waals surface area contributed by atoms with Crippen molar-refractivity contribution in [3.8, 4) is 0 Å². The highest BCUT2D eigenvalue weighted by molar-refractivity contribution is 5.34. The first kappa shape index (κ1) is 13.9. The number of benzene rings is 1. The van der Waals surface area contributed by atoms with Crippen LogP contribution >= 0.6 is 0 Å². The average Bonchev–Trinajstić information content (AvgIpc) is 2.19. The Kier molecular flexibility index (Phi) is 3.47. The van der Waals surface area contributed by atoms with Crippen molar-refractivity contribution in [1.29, 1.82) is 0 Å². The molecule has 1 aromatic carbocycles. The second-order valence-corrected chi connectivity index (χ2v) is 3.96. The van der Waals surface area contributed by atoms with Gasteiger partial charge in [0.15, 0.2) is 0 Å². The summed E-state index contributed by atoms with van der Waals surface area (Å²) in [4.78, 5) is 0. The van der Waals surface area contributed by atoms with E-state index in [0.29, 0.717) is 11.1 Å². The van der Waals surface area contributed by atoms with Crippen molar-refractivity contribution in [2.45, 2.75) is 32.0 Å². The molecule has 1 rings (SSSR count). The standard InChI is InChI=1S/C11H12F5N/c1-6-3-4-7(2)8(5-6)9(17)10(12,13)11(14,15)16/h3-5,9H,17H2,1-2H3/t9-/m0/s1. The van der Waals surface area contributed by atoms with Crippen LogP contribution in [0.15, 0.2) is 18.2 Å². The fourth-order valence-electron chi connectivity index (χ4n) is 1.47. The zero-order valence-electron chi connectivity index (χ0n) is 9.28. The molecule has 0 saturated carbocycles. The molecule has 6 heteroatoms. The highest BCUT2D eigenvalue weighted by Gasteiger charge is 2.61. The van der Waals surface area contributed by atoms with E-state index in [1.807, 2.05) is 0 Å². The Bertz CT molecular complexity index is 411. The number of aryl methyl sites for hydroxylation is 2. The Labute approximate surface area is 95.4 Å². The van der Waals surface area contributed by atoms with Crippen LogP contribution in [0.1, 0.15) is 22.7 Å². The third-order valence-electron chi connectivity index (χ3n) is 2.54. The molecule has 0 spiro atoms. The second kappa shape index (κ2) is 4.25. The largest absolute Gasteiger partial charge is 0.455 e. The van der Waals surface area contributed by atoms with Crippen LogP contribution in [-0.2, 0) is 0 Å². The molecule has 2 N–H and O–H groups in total. The van der Waals surface area contributed by atoms with Crippen molar-refractivity contribution in [2.75, 3.05) is 0 Å². The van der Waals surface area contributed by atoms with Crippen LogP contribution in [-0.4, -0.2) is 12.1 Å². The van der Waals surface area contributed by atoms with Crippen molar-refractivity contribution in [1.82, 2.24) is 0 Å². The highest BCUT2D eigenvalue weighted by atomic mass is 19.4. The van der Waals surface area contributed by atoms with Gasteiger partial charge < -0.3 is 5.73 Å². The summed E-state index contributed by atoms with van der Waals surface area (Å²) >= 11 is 0. The molecule has 96 valence electrons. The molecule has 0 bridgehead atoms. The molecule has 1 aromatic rings. The van der Waals surface area contributed by atoms with Crippen LogP contribution in [0.3, 0.4) is 0 Å². The summed E-state index contributed by atoms with van der Waals surface area (Å²) in [5.74, 6) is -4.94. The lowest BCUT2D eigenvalue weighted by molar-refractivity contribution is -0.291. The fraction of sp³-hybridized carbons (Fsp3) is 0.455. The van der Waals surface area contributed by atoms with E-state index in [0.717, 1.165) is 0 Å². The minimum Gasteiger partial charge on any atom is -0.319 e. The van der Waals surface area contributed by atoms with Crippen molar-refractivity contribution >= 4 is 0 Å². The zero-order chi connectivity index (χ0) is 13.4. The van der Waals surface area contributed by atoms with Gasteiger partial charge in [0.25, 0.3) is 0 Å². The highest BCUT2D eigenvalue weighted by Crippen LogP contribution is 2.43. The molecule has 0 aliphatic heterocycles. The maximum Gasteiger partial charge on any atom is 0.455 e. The van der Waals surface area contributed by atoms with Gasteiger partial charge in [-0.25, -0.2) is 0 Å². The van der Waals surface area contributed by atoms with Gasteiger partial charge in [-0.15, -0.1) is 0 Å². The van der Waals surface area contributed by atoms with E-state index >= 15 is 0 Å². The summed E-state index contributed by atoms with van der Waals surface area (Å²) in [5.41, 5.74) is 5.77. The summed E-state index contributed by atoms with van der Waals surface area (Å²) in [6.45, 7) is 3.04. The van der Waals surface area contributed by atoms with E-state index < -0.39 is 18.1 Å². The van der Waals surface area contributed by atoms with Crippen LogP contribution in [0, 0.1) is 13.8 Å². The minimum atomic E-state index is -5.65. The third-order valence-corrected chi connectivity index (χ3v) is 2.54. The molecule has 0 radical (unpaired) electrons. The van der Waals surface area contributed by atoms with Crippen LogP contribution < -0.4 is 5.73 Å². The van der Waals surface area contributed by atoms with Crippen molar-refractivity contribution in [2.24, 2.45) is 5.73 Å². The summed E-state index contributed by atoms with van der Waals surface area (Å²) in [6, 6.07) is 1.95. The number of rotatable bonds is 2. The molecular weight excluding hydrogens is 241 g/mol. The molecule has 0 saturated heterocycles. The molecule has 0 amide bonds. The molecule has 1 nitrogen and oxygen atoms in total. The first-order chi connectivity index (χ1) is 7.57. The Morgan fingerprint density at radius 2 is 1.59 bits per heavy atom. The summed E-state index contributed by atoms with van der Waals surface area (Å²) in [7, 11) is 0. The Hall–Kier alpha value is -1.17. The van der Waals surface area contributed by atoms with Crippen LogP contribution in [0.5, 0.6) is 0 Å². The maximum atomic E-state index is 13.1. The van der Waals surface area contributed by atoms with Gasteiger partial charge in [0.05, 0.1) is 0 Å². The third kappa shape index (κ3) is 2.57. The SMILES string of the molecule is Cc1ccc(C)c([C@H](N)C(F)(F)C(F)(F)F)c1. The van der Waals surface area contributed by atoms with Crippen LogP contribution in [0.2, 0.25) is 0 Å². The van der Waals surface area contributed by atoms with Crippen molar-refractivity contribution in [3.05, 3.63) is 34.9 Å². The van der Waals surface area contributed by atoms with E-state index in [1.165, 1.54) is 19.1 Å². The topological polar surface area (TPSA) is 26.0 Å². The quantitative estimate of drug-likeness (QED) is 0.802. The summed E-state index contributed by atoms with van der Waals surface area (Å²) in [6.07, 6.45) is -5.65. The fourth-order valence-corrected chi connectivity index (χ4v) is 1.47. The van der Waals surface area contributed by atoms with Crippen molar-refractivity contribution in [3.63, 3.8) is 0 Å². The number of nitrogens with two attached hydrogens (primary N) is 1. The molecule has 0 aliphatic carbocycles. The number of halogens is 5. The van der Waals surface area contributed by atoms with E-state index in [4.69, 9.17) is 5.73 Å². The molecule has 0 fully saturated rings. The van der Waals surface area contributed by atoms with Gasteiger partial charge in [0.1, 0.15) is 6.04 Å². The van der Waals surface area contributed by atoms with Gasteiger partial charge in [-0.2, -0.15) is 22.0 Å². The normalized spacial score (nSPS) is 14.8. The summed E-state index contributed by atoms with van der Waals surface area (Å²) < 4.78 is 62.7. The molecule has 0 aromatic heterocycles. The van der Waals surface area contributed by atoms with E-state index in [2.05, 4.69) is 0 Å². The zero-order valence-corrected chi connectivity index (χ0v) is 9.28. The predicted octanol–water partition coefficient (Wildman–Crippen LogP) is 3.50. The number of hydrogen-bond donors (Lipinski definition) is 1. The first-order valence-electron chi connectivity index (χ1n) is 4.84. The van der Waals surface area contributed by atoms with Crippen LogP contribution in [0.25, 0.3) is 0 Å². The van der Waals surface area contributed by atoms with Crippen molar-refractivity contribution < 1.29 is 22.0 Å². The van der Waals surface area contributed by atoms with E-state index in [1.54, 1.807) is 13.0 Å². The molecule has 1 atom stereocenters. The monoisotopic (exact) mass is 253 g/mol. The lowest BCUT2D eigenvalue weighted by Crippen LogP contribution is -2.46. The first-order valence-corrected chi connectivity index (χ1v) is 4.84. The summed E-state index contributed by atoms with van der Waals surface area (Å²) in [5, 5.41) is 0. The maximum absolute atomic E-state index is 13.1. The second-order valence-electron chi connectivity index (χ2n) is 3.96. The van der Waals surface area contributed by atoms with Gasteiger partial charge in [0, 0.05) is 0 Å². The molecule has 0 aliphatic rings. The van der Waals surface area contributed by atoms with Gasteiger partial charge in [-0.1, -0.05) is 23.8 Å². The molecule has 0 heterocycles. The Morgan fingerprint density at radius 3 is 2.06 bits per heavy atom. The average molecular weight is 253 g/mol.